The lowest BCUT2D eigenvalue weighted by atomic mass is 9.98. The van der Waals surface area contributed by atoms with Crippen LogP contribution in [0.25, 0.3) is 22.3 Å². The van der Waals surface area contributed by atoms with Crippen LogP contribution in [-0.2, 0) is 9.59 Å². The summed E-state index contributed by atoms with van der Waals surface area (Å²) in [5, 5.41) is 0. The van der Waals surface area contributed by atoms with Crippen LogP contribution in [0.1, 0.15) is 5.56 Å². The molecule has 0 aliphatic carbocycles. The zero-order valence-electron chi connectivity index (χ0n) is 14.3. The van der Waals surface area contributed by atoms with E-state index in [2.05, 4.69) is 49.4 Å². The van der Waals surface area contributed by atoms with Gasteiger partial charge in [0.2, 0.25) is 0 Å². The molecule has 26 heavy (non-hydrogen) atoms. The molecule has 1 aliphatic heterocycles. The van der Waals surface area contributed by atoms with Gasteiger partial charge < -0.3 is 0 Å². The molecular weight excluding hydrogens is 322 g/mol. The van der Waals surface area contributed by atoms with Gasteiger partial charge in [0.15, 0.2) is 0 Å². The third-order valence-corrected chi connectivity index (χ3v) is 4.48. The minimum Gasteiger partial charge on any atom is -0.269 e. The molecule has 3 aromatic rings. The van der Waals surface area contributed by atoms with Crippen LogP contribution < -0.4 is 4.90 Å². The Balaban J connectivity index is 1.65. The molecule has 0 atom stereocenters. The van der Waals surface area contributed by atoms with E-state index in [1.807, 2.05) is 18.2 Å². The predicted octanol–water partition coefficient (Wildman–Crippen LogP) is 4.76. The Bertz CT molecular complexity index is 1010. The molecule has 0 aromatic heterocycles. The van der Waals surface area contributed by atoms with Gasteiger partial charge in [-0.3, -0.25) is 9.59 Å². The van der Waals surface area contributed by atoms with Crippen LogP contribution >= 0.6 is 0 Å². The average molecular weight is 339 g/mol. The number of carbonyl (C=O) groups is 2. The first kappa shape index (κ1) is 16.0. The highest BCUT2D eigenvalue weighted by molar-refractivity contribution is 6.28. The summed E-state index contributed by atoms with van der Waals surface area (Å²) in [6.07, 6.45) is 2.59. The maximum absolute atomic E-state index is 11.8. The second-order valence-electron chi connectivity index (χ2n) is 6.34. The van der Waals surface area contributed by atoms with Crippen LogP contribution in [0, 0.1) is 6.92 Å². The molecule has 0 radical (unpaired) electrons. The Hall–Kier alpha value is -3.46. The summed E-state index contributed by atoms with van der Waals surface area (Å²) < 4.78 is 0. The maximum Gasteiger partial charge on any atom is 0.258 e. The van der Waals surface area contributed by atoms with E-state index in [-0.39, 0.29) is 11.8 Å². The first-order valence-corrected chi connectivity index (χ1v) is 8.45. The van der Waals surface area contributed by atoms with E-state index >= 15 is 0 Å². The second-order valence-corrected chi connectivity index (χ2v) is 6.34. The highest BCUT2D eigenvalue weighted by Crippen LogP contribution is 2.29. The van der Waals surface area contributed by atoms with E-state index in [0.29, 0.717) is 5.69 Å². The molecule has 0 spiro atoms. The Morgan fingerprint density at radius 1 is 0.615 bits per heavy atom. The van der Waals surface area contributed by atoms with Gasteiger partial charge in [-0.1, -0.05) is 60.2 Å². The summed E-state index contributed by atoms with van der Waals surface area (Å²) in [5.74, 6) is -0.603. The normalized spacial score (nSPS) is 13.5. The van der Waals surface area contributed by atoms with Crippen molar-refractivity contribution >= 4 is 17.5 Å². The van der Waals surface area contributed by atoms with Crippen molar-refractivity contribution in [3.05, 3.63) is 90.5 Å². The number of carbonyl (C=O) groups excluding carboxylic acids is 2. The van der Waals surface area contributed by atoms with Crippen molar-refractivity contribution < 1.29 is 9.59 Å². The molecule has 126 valence electrons. The molecule has 1 aliphatic rings. The Kier molecular flexibility index (Phi) is 3.98. The highest BCUT2D eigenvalue weighted by Gasteiger charge is 2.24. The SMILES string of the molecule is Cc1cccc(-c2cccc(-c3ccc(N4C(=O)C=CC4=O)cc3)c2)c1. The standard InChI is InChI=1S/C23H17NO2/c1-16-4-2-5-18(14-16)20-7-3-6-19(15-20)17-8-10-21(11-9-17)24-22(25)12-13-23(24)26/h2-15H,1H3. The van der Waals surface area contributed by atoms with Crippen molar-refractivity contribution in [3.8, 4) is 22.3 Å². The summed E-state index contributed by atoms with van der Waals surface area (Å²) in [7, 11) is 0. The van der Waals surface area contributed by atoms with E-state index < -0.39 is 0 Å². The van der Waals surface area contributed by atoms with E-state index in [4.69, 9.17) is 0 Å². The van der Waals surface area contributed by atoms with Gasteiger partial charge in [-0.15, -0.1) is 0 Å². The molecular formula is C23H17NO2. The predicted molar refractivity (Wildman–Crippen MR) is 104 cm³/mol. The molecule has 0 N–H and O–H groups in total. The van der Waals surface area contributed by atoms with Gasteiger partial charge in [0.05, 0.1) is 5.69 Å². The number of hydrogen-bond donors (Lipinski definition) is 0. The number of benzene rings is 3. The maximum atomic E-state index is 11.8. The fraction of sp³-hybridized carbons (Fsp3) is 0.0435. The van der Waals surface area contributed by atoms with Gasteiger partial charge >= 0.3 is 0 Å². The molecule has 0 unspecified atom stereocenters. The lowest BCUT2D eigenvalue weighted by Gasteiger charge is -2.14. The van der Waals surface area contributed by atoms with Crippen LogP contribution in [-0.4, -0.2) is 11.8 Å². The van der Waals surface area contributed by atoms with E-state index in [0.717, 1.165) is 16.7 Å². The van der Waals surface area contributed by atoms with Gasteiger partial charge in [-0.2, -0.15) is 0 Å². The molecule has 0 fully saturated rings. The lowest BCUT2D eigenvalue weighted by Crippen LogP contribution is -2.29. The fourth-order valence-electron chi connectivity index (χ4n) is 3.16. The second kappa shape index (κ2) is 6.45. The number of aryl methyl sites for hydroxylation is 1. The van der Waals surface area contributed by atoms with Crippen LogP contribution in [0.3, 0.4) is 0 Å². The molecule has 1 heterocycles. The molecule has 0 bridgehead atoms. The number of rotatable bonds is 3. The average Bonchev–Trinajstić information content (AvgIpc) is 3.00. The topological polar surface area (TPSA) is 37.4 Å². The van der Waals surface area contributed by atoms with Gasteiger partial charge in [-0.25, -0.2) is 4.90 Å². The molecule has 2 amide bonds. The van der Waals surface area contributed by atoms with Crippen molar-refractivity contribution in [1.82, 2.24) is 0 Å². The van der Waals surface area contributed by atoms with Crippen molar-refractivity contribution in [2.75, 3.05) is 4.90 Å². The van der Waals surface area contributed by atoms with Gasteiger partial charge in [0.25, 0.3) is 11.8 Å². The van der Waals surface area contributed by atoms with E-state index in [1.165, 1.54) is 28.2 Å². The van der Waals surface area contributed by atoms with Crippen molar-refractivity contribution in [2.45, 2.75) is 6.92 Å². The van der Waals surface area contributed by atoms with Crippen LogP contribution in [0.2, 0.25) is 0 Å². The minimum atomic E-state index is -0.302. The van der Waals surface area contributed by atoms with Crippen LogP contribution in [0.4, 0.5) is 5.69 Å². The third-order valence-electron chi connectivity index (χ3n) is 4.48. The fourth-order valence-corrected chi connectivity index (χ4v) is 3.16. The van der Waals surface area contributed by atoms with Crippen molar-refractivity contribution in [1.29, 1.82) is 0 Å². The monoisotopic (exact) mass is 339 g/mol. The number of anilines is 1. The smallest absolute Gasteiger partial charge is 0.258 e. The Morgan fingerprint density at radius 2 is 1.15 bits per heavy atom. The zero-order valence-corrected chi connectivity index (χ0v) is 14.3. The molecule has 3 aromatic carbocycles. The van der Waals surface area contributed by atoms with Crippen LogP contribution in [0.15, 0.2) is 84.9 Å². The van der Waals surface area contributed by atoms with Gasteiger partial charge in [0, 0.05) is 12.2 Å². The number of amides is 2. The Labute approximate surface area is 152 Å². The summed E-state index contributed by atoms with van der Waals surface area (Å²) in [6.45, 7) is 2.09. The molecule has 4 rings (SSSR count). The van der Waals surface area contributed by atoms with Gasteiger partial charge in [-0.05, 0) is 47.4 Å². The number of imide groups is 1. The van der Waals surface area contributed by atoms with Crippen LogP contribution in [0.5, 0.6) is 0 Å². The third kappa shape index (κ3) is 2.95. The quantitative estimate of drug-likeness (QED) is 0.645. The van der Waals surface area contributed by atoms with Crippen molar-refractivity contribution in [3.63, 3.8) is 0 Å². The number of nitrogens with zero attached hydrogens (tertiary/aromatic N) is 1. The summed E-state index contributed by atoms with van der Waals surface area (Å²) >= 11 is 0. The number of hydrogen-bond acceptors (Lipinski definition) is 2. The first-order valence-electron chi connectivity index (χ1n) is 8.45. The minimum absolute atomic E-state index is 0.302. The summed E-state index contributed by atoms with van der Waals surface area (Å²) in [5.41, 5.74) is 6.28. The molecule has 3 heteroatoms. The molecule has 0 saturated carbocycles. The van der Waals surface area contributed by atoms with E-state index in [9.17, 15) is 9.59 Å². The molecule has 3 nitrogen and oxygen atoms in total. The van der Waals surface area contributed by atoms with Gasteiger partial charge in [0.1, 0.15) is 0 Å². The summed E-state index contributed by atoms with van der Waals surface area (Å²) in [6, 6.07) is 24.2. The summed E-state index contributed by atoms with van der Waals surface area (Å²) in [4.78, 5) is 24.7. The molecule has 0 saturated heterocycles. The van der Waals surface area contributed by atoms with E-state index in [1.54, 1.807) is 12.1 Å². The highest BCUT2D eigenvalue weighted by atomic mass is 16.2. The zero-order chi connectivity index (χ0) is 18.1. The largest absolute Gasteiger partial charge is 0.269 e. The van der Waals surface area contributed by atoms with Crippen molar-refractivity contribution in [2.24, 2.45) is 0 Å². The first-order chi connectivity index (χ1) is 12.6. The Morgan fingerprint density at radius 3 is 1.77 bits per heavy atom. The lowest BCUT2D eigenvalue weighted by molar-refractivity contribution is -0.119.